The predicted molar refractivity (Wildman–Crippen MR) is 137 cm³/mol. The van der Waals surface area contributed by atoms with E-state index in [1.165, 1.54) is 17.7 Å². The van der Waals surface area contributed by atoms with Crippen molar-refractivity contribution in [1.82, 2.24) is 4.57 Å². The molecule has 0 aliphatic heterocycles. The molecule has 3 aromatic rings. The molecule has 8 nitrogen and oxygen atoms in total. The number of hydrogen-bond donors (Lipinski definition) is 2. The first kappa shape index (κ1) is 26.6. The molecule has 3 rings (SSSR count). The molecule has 2 atom stereocenters. The summed E-state index contributed by atoms with van der Waals surface area (Å²) >= 11 is 0. The van der Waals surface area contributed by atoms with Crippen molar-refractivity contribution < 1.29 is 23.1 Å². The Balaban J connectivity index is 2.50. The van der Waals surface area contributed by atoms with Crippen LogP contribution >= 0.6 is 0 Å². The Morgan fingerprint density at radius 1 is 1.06 bits per heavy atom. The van der Waals surface area contributed by atoms with Crippen LogP contribution in [0, 0.1) is 13.8 Å². The van der Waals surface area contributed by atoms with E-state index < -0.39 is 38.4 Å². The summed E-state index contributed by atoms with van der Waals surface area (Å²) in [6.45, 7) is 9.16. The number of pyridine rings is 1. The molecule has 0 saturated carbocycles. The SMILES string of the molecule is Cc1ccc(-c2c(C(OC(C)(C)C)C(=O)O)n(C)c(=O)c3cc(C(N)S(C)(=O)=O)ccc23)cc1C. The van der Waals surface area contributed by atoms with Crippen molar-refractivity contribution in [2.24, 2.45) is 12.8 Å². The fourth-order valence-electron chi connectivity index (χ4n) is 4.06. The van der Waals surface area contributed by atoms with Crippen LogP contribution < -0.4 is 11.3 Å². The number of carbonyl (C=O) groups is 1. The Kier molecular flexibility index (Phi) is 7.00. The highest BCUT2D eigenvalue weighted by Crippen LogP contribution is 2.38. The summed E-state index contributed by atoms with van der Waals surface area (Å²) in [5, 5.41) is 9.56. The summed E-state index contributed by atoms with van der Waals surface area (Å²) in [6, 6.07) is 10.4. The lowest BCUT2D eigenvalue weighted by molar-refractivity contribution is -0.161. The van der Waals surface area contributed by atoms with E-state index in [4.69, 9.17) is 10.5 Å². The first-order chi connectivity index (χ1) is 16.0. The summed E-state index contributed by atoms with van der Waals surface area (Å²) in [7, 11) is -2.11. The van der Waals surface area contributed by atoms with Crippen molar-refractivity contribution >= 4 is 26.6 Å². The predicted octanol–water partition coefficient (Wildman–Crippen LogP) is 3.77. The van der Waals surface area contributed by atoms with Crippen molar-refractivity contribution in [3.63, 3.8) is 0 Å². The van der Waals surface area contributed by atoms with Crippen LogP contribution in [0.4, 0.5) is 0 Å². The van der Waals surface area contributed by atoms with E-state index in [2.05, 4.69) is 0 Å². The minimum atomic E-state index is -3.60. The highest BCUT2D eigenvalue weighted by Gasteiger charge is 2.33. The first-order valence-corrected chi connectivity index (χ1v) is 13.1. The fourth-order valence-corrected chi connectivity index (χ4v) is 4.70. The van der Waals surface area contributed by atoms with Crippen LogP contribution in [0.2, 0.25) is 0 Å². The van der Waals surface area contributed by atoms with Crippen molar-refractivity contribution in [2.45, 2.75) is 51.7 Å². The number of sulfone groups is 1. The van der Waals surface area contributed by atoms with Gasteiger partial charge in [0.05, 0.1) is 11.3 Å². The molecule has 0 aliphatic carbocycles. The Morgan fingerprint density at radius 3 is 2.20 bits per heavy atom. The van der Waals surface area contributed by atoms with Gasteiger partial charge in [-0.15, -0.1) is 0 Å². The second kappa shape index (κ2) is 9.22. The third-order valence-electron chi connectivity index (χ3n) is 5.99. The van der Waals surface area contributed by atoms with Gasteiger partial charge in [-0.05, 0) is 68.3 Å². The maximum Gasteiger partial charge on any atom is 0.339 e. The summed E-state index contributed by atoms with van der Waals surface area (Å²) in [4.78, 5) is 25.9. The van der Waals surface area contributed by atoms with Crippen molar-refractivity contribution in [3.05, 3.63) is 69.1 Å². The van der Waals surface area contributed by atoms with Gasteiger partial charge in [-0.2, -0.15) is 0 Å². The van der Waals surface area contributed by atoms with E-state index in [0.29, 0.717) is 16.5 Å². The normalized spacial score (nSPS) is 14.2. The van der Waals surface area contributed by atoms with E-state index in [-0.39, 0.29) is 16.6 Å². The molecule has 0 saturated heterocycles. The van der Waals surface area contributed by atoms with Gasteiger partial charge in [0, 0.05) is 24.3 Å². The van der Waals surface area contributed by atoms with Crippen LogP contribution in [-0.2, 0) is 26.4 Å². The van der Waals surface area contributed by atoms with Gasteiger partial charge in [-0.3, -0.25) is 4.79 Å². The number of aryl methyl sites for hydroxylation is 2. The van der Waals surface area contributed by atoms with Crippen LogP contribution in [0.3, 0.4) is 0 Å². The third-order valence-corrected chi connectivity index (χ3v) is 7.19. The molecular formula is C26H32N2O6S. The number of ether oxygens (including phenoxy) is 1. The number of carboxylic acids is 1. The maximum absolute atomic E-state index is 13.5. The summed E-state index contributed by atoms with van der Waals surface area (Å²) in [5.41, 5.74) is 8.42. The second-order valence-electron chi connectivity index (χ2n) is 9.93. The monoisotopic (exact) mass is 500 g/mol. The van der Waals surface area contributed by atoms with Crippen molar-refractivity contribution in [1.29, 1.82) is 0 Å². The lowest BCUT2D eigenvalue weighted by Gasteiger charge is -2.29. The van der Waals surface area contributed by atoms with Gasteiger partial charge in [-0.25, -0.2) is 13.2 Å². The van der Waals surface area contributed by atoms with Crippen LogP contribution in [-0.4, -0.2) is 35.9 Å². The summed E-state index contributed by atoms with van der Waals surface area (Å²) in [6.07, 6.45) is -0.392. The summed E-state index contributed by atoms with van der Waals surface area (Å²) < 4.78 is 31.3. The molecule has 9 heteroatoms. The number of nitrogens with zero attached hydrogens (tertiary/aromatic N) is 1. The molecule has 0 amide bonds. The minimum Gasteiger partial charge on any atom is -0.479 e. The van der Waals surface area contributed by atoms with Crippen molar-refractivity contribution in [2.75, 3.05) is 6.26 Å². The van der Waals surface area contributed by atoms with E-state index in [0.717, 1.165) is 17.4 Å². The van der Waals surface area contributed by atoms with Gasteiger partial charge < -0.3 is 20.1 Å². The highest BCUT2D eigenvalue weighted by molar-refractivity contribution is 7.90. The van der Waals surface area contributed by atoms with Gasteiger partial charge >= 0.3 is 5.97 Å². The molecule has 2 unspecified atom stereocenters. The van der Waals surface area contributed by atoms with Gasteiger partial charge in [-0.1, -0.05) is 30.3 Å². The average Bonchev–Trinajstić information content (AvgIpc) is 2.74. The maximum atomic E-state index is 13.5. The minimum absolute atomic E-state index is 0.202. The van der Waals surface area contributed by atoms with Crippen LogP contribution in [0.25, 0.3) is 21.9 Å². The fraction of sp³-hybridized carbons (Fsp3) is 0.385. The zero-order valence-corrected chi connectivity index (χ0v) is 21.9. The smallest absolute Gasteiger partial charge is 0.339 e. The molecule has 0 fully saturated rings. The lowest BCUT2D eigenvalue weighted by atomic mass is 9.91. The standard InChI is InChI=1S/C26H32N2O6S/c1-14-8-9-16(12-15(14)2)20-18-11-10-17(23(27)35(7,32)33)13-19(18)24(29)28(6)21(20)22(25(30)31)34-26(3,4)5/h8-13,22-23H,27H2,1-7H3,(H,30,31). The highest BCUT2D eigenvalue weighted by atomic mass is 32.2. The molecule has 1 heterocycles. The Hall–Kier alpha value is -3.01. The zero-order chi connectivity index (χ0) is 26.5. The summed E-state index contributed by atoms with van der Waals surface area (Å²) in [5.74, 6) is -1.23. The average molecular weight is 501 g/mol. The van der Waals surface area contributed by atoms with E-state index in [1.54, 1.807) is 32.9 Å². The molecule has 188 valence electrons. The topological polar surface area (TPSA) is 129 Å². The molecule has 35 heavy (non-hydrogen) atoms. The van der Waals surface area contributed by atoms with Gasteiger partial charge in [0.15, 0.2) is 15.9 Å². The molecule has 3 N–H and O–H groups in total. The molecular weight excluding hydrogens is 468 g/mol. The molecule has 0 bridgehead atoms. The number of aromatic nitrogens is 1. The van der Waals surface area contributed by atoms with Crippen LogP contribution in [0.15, 0.2) is 41.2 Å². The number of hydrogen-bond acceptors (Lipinski definition) is 6. The lowest BCUT2D eigenvalue weighted by Crippen LogP contribution is -2.33. The molecule has 0 aliphatic rings. The largest absolute Gasteiger partial charge is 0.479 e. The third kappa shape index (κ3) is 5.32. The first-order valence-electron chi connectivity index (χ1n) is 11.1. The Morgan fingerprint density at radius 2 is 1.69 bits per heavy atom. The number of benzene rings is 2. The number of nitrogens with two attached hydrogens (primary N) is 1. The van der Waals surface area contributed by atoms with Crippen LogP contribution in [0.1, 0.15) is 54.6 Å². The van der Waals surface area contributed by atoms with Gasteiger partial charge in [0.25, 0.3) is 5.56 Å². The van der Waals surface area contributed by atoms with E-state index in [9.17, 15) is 23.1 Å². The van der Waals surface area contributed by atoms with Crippen LogP contribution in [0.5, 0.6) is 0 Å². The molecule has 0 radical (unpaired) electrons. The molecule has 0 spiro atoms. The van der Waals surface area contributed by atoms with E-state index in [1.807, 2.05) is 32.0 Å². The van der Waals surface area contributed by atoms with Gasteiger partial charge in [0.1, 0.15) is 5.37 Å². The molecule has 2 aromatic carbocycles. The quantitative estimate of drug-likeness (QED) is 0.527. The Labute approximate surface area is 205 Å². The Bertz CT molecular complexity index is 1480. The number of carboxylic acid groups (broad SMARTS) is 1. The number of aliphatic carboxylic acids is 1. The van der Waals surface area contributed by atoms with E-state index >= 15 is 0 Å². The van der Waals surface area contributed by atoms with Gasteiger partial charge in [0.2, 0.25) is 0 Å². The number of rotatable bonds is 6. The number of fused-ring (bicyclic) bond motifs is 1. The molecule has 1 aromatic heterocycles. The zero-order valence-electron chi connectivity index (χ0n) is 21.0. The van der Waals surface area contributed by atoms with Crippen molar-refractivity contribution in [3.8, 4) is 11.1 Å². The second-order valence-corrected chi connectivity index (χ2v) is 12.1.